The van der Waals surface area contributed by atoms with E-state index >= 15 is 0 Å². The lowest BCUT2D eigenvalue weighted by Gasteiger charge is -2.24. The average Bonchev–Trinajstić information content (AvgIpc) is 3.10. The first-order valence-corrected chi connectivity index (χ1v) is 9.82. The van der Waals surface area contributed by atoms with Gasteiger partial charge in [0.2, 0.25) is 0 Å². The molecule has 7 heteroatoms. The summed E-state index contributed by atoms with van der Waals surface area (Å²) in [5.74, 6) is -0.414. The van der Waals surface area contributed by atoms with Crippen LogP contribution in [0.25, 0.3) is 5.76 Å². The second kappa shape index (κ2) is 7.60. The van der Waals surface area contributed by atoms with Crippen LogP contribution in [-0.2, 0) is 9.59 Å². The first-order chi connectivity index (χ1) is 15.1. The minimum atomic E-state index is -0.815. The Hall–Kier alpha value is -4.13. The van der Waals surface area contributed by atoms with Crippen molar-refractivity contribution in [3.63, 3.8) is 0 Å². The number of ketones is 1. The first-order valence-electron chi connectivity index (χ1n) is 9.82. The fourth-order valence-corrected chi connectivity index (χ4v) is 3.86. The molecule has 0 bridgehead atoms. The van der Waals surface area contributed by atoms with Crippen molar-refractivity contribution in [2.24, 2.45) is 0 Å². The number of anilines is 1. The Morgan fingerprint density at radius 1 is 0.935 bits per heavy atom. The maximum Gasteiger partial charge on any atom is 0.301 e. The molecule has 7 nitrogen and oxygen atoms in total. The van der Waals surface area contributed by atoms with E-state index in [1.807, 2.05) is 30.3 Å². The van der Waals surface area contributed by atoms with Crippen molar-refractivity contribution in [2.45, 2.75) is 6.04 Å². The number of aromatic nitrogens is 1. The highest BCUT2D eigenvalue weighted by Crippen LogP contribution is 2.42. The lowest BCUT2D eigenvalue weighted by atomic mass is 9.95. The Bertz CT molecular complexity index is 1190. The monoisotopic (exact) mass is 414 g/mol. The molecule has 2 aliphatic heterocycles. The topological polar surface area (TPSA) is 89.0 Å². The zero-order chi connectivity index (χ0) is 21.4. The van der Waals surface area contributed by atoms with Crippen molar-refractivity contribution in [3.8, 4) is 11.5 Å². The van der Waals surface area contributed by atoms with Gasteiger partial charge in [-0.3, -0.25) is 14.5 Å². The predicted octanol–water partition coefficient (Wildman–Crippen LogP) is 3.48. The van der Waals surface area contributed by atoms with Crippen molar-refractivity contribution >= 4 is 23.3 Å². The minimum absolute atomic E-state index is 0.00136. The van der Waals surface area contributed by atoms with Crippen molar-refractivity contribution in [1.29, 1.82) is 0 Å². The number of aliphatic hydroxyl groups excluding tert-OH is 1. The van der Waals surface area contributed by atoms with Crippen LogP contribution in [0.5, 0.6) is 11.5 Å². The lowest BCUT2D eigenvalue weighted by Crippen LogP contribution is -2.30. The van der Waals surface area contributed by atoms with Gasteiger partial charge in [0.25, 0.3) is 5.78 Å². The second-order valence-electron chi connectivity index (χ2n) is 7.13. The van der Waals surface area contributed by atoms with Gasteiger partial charge in [-0.05, 0) is 35.9 Å². The van der Waals surface area contributed by atoms with E-state index in [0.29, 0.717) is 41.7 Å². The highest BCUT2D eigenvalue weighted by Gasteiger charge is 2.47. The Labute approximate surface area is 178 Å². The molecule has 0 spiro atoms. The fraction of sp³-hybridized carbons (Fsp3) is 0.125. The molecular weight excluding hydrogens is 396 g/mol. The number of Topliss-reactive ketones (excluding diaryl/α,β-unsaturated/α-hetero) is 1. The predicted molar refractivity (Wildman–Crippen MR) is 113 cm³/mol. The van der Waals surface area contributed by atoms with Crippen LogP contribution in [-0.4, -0.2) is 35.0 Å². The molecule has 1 amide bonds. The molecule has 1 atom stereocenters. The molecule has 1 fully saturated rings. The summed E-state index contributed by atoms with van der Waals surface area (Å²) >= 11 is 0. The summed E-state index contributed by atoms with van der Waals surface area (Å²) in [6, 6.07) is 18.3. The largest absolute Gasteiger partial charge is 0.507 e. The van der Waals surface area contributed by atoms with E-state index in [1.165, 1.54) is 4.90 Å². The molecule has 3 aromatic rings. The minimum Gasteiger partial charge on any atom is -0.507 e. The molecule has 1 N–H and O–H groups in total. The summed E-state index contributed by atoms with van der Waals surface area (Å²) in [6.45, 7) is 0.840. The third-order valence-electron chi connectivity index (χ3n) is 5.27. The van der Waals surface area contributed by atoms with Crippen LogP contribution in [0, 0.1) is 0 Å². The Balaban J connectivity index is 1.69. The molecule has 31 heavy (non-hydrogen) atoms. The van der Waals surface area contributed by atoms with Crippen LogP contribution < -0.4 is 14.4 Å². The van der Waals surface area contributed by atoms with Crippen LogP contribution in [0.2, 0.25) is 0 Å². The van der Waals surface area contributed by atoms with Gasteiger partial charge in [0.1, 0.15) is 24.8 Å². The Morgan fingerprint density at radius 3 is 2.42 bits per heavy atom. The van der Waals surface area contributed by atoms with Gasteiger partial charge in [0.05, 0.1) is 11.6 Å². The summed E-state index contributed by atoms with van der Waals surface area (Å²) in [5, 5.41) is 11.2. The number of hydrogen-bond acceptors (Lipinski definition) is 6. The number of carbonyl (C=O) groups excluding carboxylic acids is 2. The third-order valence-corrected chi connectivity index (χ3v) is 5.27. The van der Waals surface area contributed by atoms with Crippen molar-refractivity contribution in [1.82, 2.24) is 4.98 Å². The highest BCUT2D eigenvalue weighted by molar-refractivity contribution is 6.51. The Morgan fingerprint density at radius 2 is 1.68 bits per heavy atom. The van der Waals surface area contributed by atoms with E-state index in [-0.39, 0.29) is 11.3 Å². The molecule has 1 aromatic heterocycles. The number of hydrogen-bond donors (Lipinski definition) is 1. The zero-order valence-electron chi connectivity index (χ0n) is 16.4. The van der Waals surface area contributed by atoms with Crippen LogP contribution in [0.4, 0.5) is 5.82 Å². The van der Waals surface area contributed by atoms with E-state index in [1.54, 1.807) is 42.6 Å². The summed E-state index contributed by atoms with van der Waals surface area (Å²) in [4.78, 5) is 31.7. The van der Waals surface area contributed by atoms with Crippen LogP contribution >= 0.6 is 0 Å². The van der Waals surface area contributed by atoms with Gasteiger partial charge in [0, 0.05) is 11.8 Å². The molecule has 2 aliphatic rings. The lowest BCUT2D eigenvalue weighted by molar-refractivity contribution is -0.132. The summed E-state index contributed by atoms with van der Waals surface area (Å²) in [7, 11) is 0. The van der Waals surface area contributed by atoms with Gasteiger partial charge in [-0.1, -0.05) is 36.4 Å². The van der Waals surface area contributed by atoms with Crippen LogP contribution in [0.1, 0.15) is 17.2 Å². The molecule has 154 valence electrons. The SMILES string of the molecule is O=C1C(=O)N(c2ccccn2)C(c2ccccc2)C1=C(O)c1ccc2c(c1)OCCO2. The number of fused-ring (bicyclic) bond motifs is 1. The highest BCUT2D eigenvalue weighted by atomic mass is 16.6. The third kappa shape index (κ3) is 3.20. The number of rotatable bonds is 3. The maximum absolute atomic E-state index is 13.1. The number of nitrogens with zero attached hydrogens (tertiary/aromatic N) is 2. The summed E-state index contributed by atoms with van der Waals surface area (Å²) < 4.78 is 11.1. The standard InChI is InChI=1S/C24H18N2O5/c27-22(16-9-10-17-18(14-16)31-13-12-30-17)20-21(15-6-2-1-3-7-15)26(24(29)23(20)28)19-8-4-5-11-25-19/h1-11,14,21,27H,12-13H2. The van der Waals surface area contributed by atoms with Crippen LogP contribution in [0.15, 0.2) is 78.5 Å². The second-order valence-corrected chi connectivity index (χ2v) is 7.13. The van der Waals surface area contributed by atoms with Crippen molar-refractivity contribution in [3.05, 3.63) is 89.6 Å². The summed E-state index contributed by atoms with van der Waals surface area (Å²) in [6.07, 6.45) is 1.55. The van der Waals surface area contributed by atoms with Crippen molar-refractivity contribution < 1.29 is 24.2 Å². The van der Waals surface area contributed by atoms with Gasteiger partial charge in [-0.15, -0.1) is 0 Å². The Kier molecular flexibility index (Phi) is 4.63. The number of ether oxygens (including phenoxy) is 2. The molecule has 0 saturated carbocycles. The number of pyridine rings is 1. The molecule has 3 heterocycles. The fourth-order valence-electron chi connectivity index (χ4n) is 3.86. The van der Waals surface area contributed by atoms with Gasteiger partial charge in [0.15, 0.2) is 11.5 Å². The number of amides is 1. The van der Waals surface area contributed by atoms with E-state index in [0.717, 1.165) is 0 Å². The van der Waals surface area contributed by atoms with E-state index in [9.17, 15) is 14.7 Å². The number of aliphatic hydroxyl groups is 1. The van der Waals surface area contributed by atoms with Gasteiger partial charge < -0.3 is 14.6 Å². The molecule has 1 unspecified atom stereocenters. The molecule has 1 saturated heterocycles. The van der Waals surface area contributed by atoms with Crippen molar-refractivity contribution in [2.75, 3.05) is 18.1 Å². The average molecular weight is 414 g/mol. The molecule has 0 radical (unpaired) electrons. The summed E-state index contributed by atoms with van der Waals surface area (Å²) in [5.41, 5.74) is 1.05. The number of carbonyl (C=O) groups is 2. The zero-order valence-corrected chi connectivity index (χ0v) is 16.4. The molecular formula is C24H18N2O5. The van der Waals surface area contributed by atoms with Gasteiger partial charge >= 0.3 is 5.91 Å². The maximum atomic E-state index is 13.1. The molecule has 2 aromatic carbocycles. The van der Waals surface area contributed by atoms with Gasteiger partial charge in [-0.25, -0.2) is 4.98 Å². The van der Waals surface area contributed by atoms with Crippen LogP contribution in [0.3, 0.4) is 0 Å². The van der Waals surface area contributed by atoms with Gasteiger partial charge in [-0.2, -0.15) is 0 Å². The normalized spacial score (nSPS) is 19.5. The first kappa shape index (κ1) is 18.9. The van der Waals surface area contributed by atoms with E-state index in [2.05, 4.69) is 4.98 Å². The number of benzene rings is 2. The van der Waals surface area contributed by atoms with E-state index < -0.39 is 17.7 Å². The molecule has 0 aliphatic carbocycles. The smallest absolute Gasteiger partial charge is 0.301 e. The molecule has 5 rings (SSSR count). The van der Waals surface area contributed by atoms with E-state index in [4.69, 9.17) is 9.47 Å². The quantitative estimate of drug-likeness (QED) is 0.401.